The van der Waals surface area contributed by atoms with Crippen molar-refractivity contribution in [1.82, 2.24) is 10.2 Å². The average molecular weight is 292 g/mol. The van der Waals surface area contributed by atoms with Crippen molar-refractivity contribution in [1.29, 1.82) is 0 Å². The third kappa shape index (κ3) is 4.27. The Balaban J connectivity index is 2.10. The summed E-state index contributed by atoms with van der Waals surface area (Å²) < 4.78 is 14.1. The monoisotopic (exact) mass is 292 g/mol. The summed E-state index contributed by atoms with van der Waals surface area (Å²) in [7, 11) is 0. The number of piperidine rings is 1. The Morgan fingerprint density at radius 3 is 2.76 bits per heavy atom. The van der Waals surface area contributed by atoms with Crippen LogP contribution < -0.4 is 5.32 Å². The van der Waals surface area contributed by atoms with Gasteiger partial charge in [-0.15, -0.1) is 0 Å². The molecule has 1 fully saturated rings. The van der Waals surface area contributed by atoms with Gasteiger partial charge in [0.15, 0.2) is 0 Å². The summed E-state index contributed by atoms with van der Waals surface area (Å²) in [4.78, 5) is 2.44. The van der Waals surface area contributed by atoms with Crippen LogP contribution in [0.25, 0.3) is 0 Å². The van der Waals surface area contributed by atoms with Crippen molar-refractivity contribution in [2.45, 2.75) is 53.2 Å². The first-order chi connectivity index (χ1) is 10.0. The molecule has 1 aliphatic rings. The van der Waals surface area contributed by atoms with Crippen LogP contribution in [0, 0.1) is 17.7 Å². The van der Waals surface area contributed by atoms with Gasteiger partial charge in [-0.2, -0.15) is 0 Å². The molecule has 0 spiro atoms. The fourth-order valence-corrected chi connectivity index (χ4v) is 3.39. The van der Waals surface area contributed by atoms with Crippen molar-refractivity contribution >= 4 is 0 Å². The van der Waals surface area contributed by atoms with Crippen molar-refractivity contribution in [3.8, 4) is 0 Å². The van der Waals surface area contributed by atoms with Gasteiger partial charge in [-0.1, -0.05) is 32.9 Å². The van der Waals surface area contributed by atoms with E-state index in [9.17, 15) is 4.39 Å². The quantitative estimate of drug-likeness (QED) is 0.888. The van der Waals surface area contributed by atoms with Gasteiger partial charge in [0.05, 0.1) is 0 Å². The van der Waals surface area contributed by atoms with Crippen LogP contribution >= 0.6 is 0 Å². The fraction of sp³-hybridized carbons (Fsp3) is 0.667. The summed E-state index contributed by atoms with van der Waals surface area (Å²) in [6, 6.07) is 6.04. The number of likely N-dealkylation sites (tertiary alicyclic amines) is 1. The van der Waals surface area contributed by atoms with Crippen molar-refractivity contribution in [2.75, 3.05) is 13.1 Å². The van der Waals surface area contributed by atoms with E-state index in [4.69, 9.17) is 0 Å². The smallest absolute Gasteiger partial charge is 0.127 e. The van der Waals surface area contributed by atoms with E-state index in [0.717, 1.165) is 31.7 Å². The zero-order valence-corrected chi connectivity index (χ0v) is 13.8. The van der Waals surface area contributed by atoms with E-state index < -0.39 is 0 Å². The Morgan fingerprint density at radius 1 is 1.29 bits per heavy atom. The third-order valence-corrected chi connectivity index (χ3v) is 4.78. The molecule has 0 bridgehead atoms. The highest BCUT2D eigenvalue weighted by atomic mass is 19.1. The van der Waals surface area contributed by atoms with Crippen LogP contribution in [0.2, 0.25) is 0 Å². The summed E-state index contributed by atoms with van der Waals surface area (Å²) in [6.07, 6.45) is 1.28. The van der Waals surface area contributed by atoms with Gasteiger partial charge in [-0.25, -0.2) is 4.39 Å². The topological polar surface area (TPSA) is 15.3 Å². The summed E-state index contributed by atoms with van der Waals surface area (Å²) in [5.74, 6) is 1.30. The number of hydrogen-bond donors (Lipinski definition) is 1. The van der Waals surface area contributed by atoms with Crippen LogP contribution in [0.1, 0.15) is 45.2 Å². The Morgan fingerprint density at radius 2 is 2.05 bits per heavy atom. The predicted molar refractivity (Wildman–Crippen MR) is 86.6 cm³/mol. The maximum atomic E-state index is 14.1. The lowest BCUT2D eigenvalue weighted by molar-refractivity contribution is 0.0719. The largest absolute Gasteiger partial charge is 0.313 e. The second-order valence-corrected chi connectivity index (χ2v) is 6.69. The maximum Gasteiger partial charge on any atom is 0.127 e. The van der Waals surface area contributed by atoms with Crippen molar-refractivity contribution in [3.63, 3.8) is 0 Å². The molecule has 2 rings (SSSR count). The third-order valence-electron chi connectivity index (χ3n) is 4.78. The highest BCUT2D eigenvalue weighted by Gasteiger charge is 2.29. The number of benzene rings is 1. The number of rotatable bonds is 5. The van der Waals surface area contributed by atoms with Crippen LogP contribution in [-0.4, -0.2) is 24.0 Å². The molecule has 3 unspecified atom stereocenters. The molecule has 1 heterocycles. The van der Waals surface area contributed by atoms with Crippen LogP contribution in [0.4, 0.5) is 4.39 Å². The van der Waals surface area contributed by atoms with Gasteiger partial charge < -0.3 is 5.32 Å². The predicted octanol–water partition coefficient (Wildman–Crippen LogP) is 3.80. The van der Waals surface area contributed by atoms with Crippen LogP contribution in [0.5, 0.6) is 0 Å². The van der Waals surface area contributed by atoms with E-state index in [1.165, 1.54) is 12.0 Å². The second-order valence-electron chi connectivity index (χ2n) is 6.69. The first kappa shape index (κ1) is 16.4. The standard InChI is InChI=1S/C18H29FN2/c1-5-20-10-16-6-7-18(19)17(9-16)12-21-11-13(2)8-14(3)15(21)4/h6-7,9,13-15,20H,5,8,10-12H2,1-4H3. The molecular formula is C18H29FN2. The number of nitrogens with zero attached hydrogens (tertiary/aromatic N) is 1. The average Bonchev–Trinajstić information content (AvgIpc) is 2.45. The number of nitrogens with one attached hydrogen (secondary N) is 1. The van der Waals surface area contributed by atoms with E-state index in [0.29, 0.717) is 17.9 Å². The lowest BCUT2D eigenvalue weighted by atomic mass is 9.85. The Kier molecular flexibility index (Phi) is 5.77. The van der Waals surface area contributed by atoms with E-state index >= 15 is 0 Å². The molecule has 0 saturated carbocycles. The second kappa shape index (κ2) is 7.37. The lowest BCUT2D eigenvalue weighted by Crippen LogP contribution is -2.45. The Bertz CT molecular complexity index is 461. The van der Waals surface area contributed by atoms with Gasteiger partial charge in [0.25, 0.3) is 0 Å². The maximum absolute atomic E-state index is 14.1. The van der Waals surface area contributed by atoms with E-state index in [1.807, 2.05) is 12.1 Å². The van der Waals surface area contributed by atoms with Crippen molar-refractivity contribution in [2.24, 2.45) is 11.8 Å². The molecule has 0 amide bonds. The number of hydrogen-bond acceptors (Lipinski definition) is 2. The molecule has 2 nitrogen and oxygen atoms in total. The molecule has 1 aromatic carbocycles. The molecule has 0 aromatic heterocycles. The Labute approximate surface area is 128 Å². The molecule has 3 heteroatoms. The molecule has 0 radical (unpaired) electrons. The summed E-state index contributed by atoms with van der Waals surface area (Å²) >= 11 is 0. The van der Waals surface area contributed by atoms with Gasteiger partial charge in [0.2, 0.25) is 0 Å². The van der Waals surface area contributed by atoms with Gasteiger partial charge >= 0.3 is 0 Å². The first-order valence-electron chi connectivity index (χ1n) is 8.23. The summed E-state index contributed by atoms with van der Waals surface area (Å²) in [5.41, 5.74) is 2.00. The van der Waals surface area contributed by atoms with Crippen LogP contribution in [0.3, 0.4) is 0 Å². The molecule has 118 valence electrons. The first-order valence-corrected chi connectivity index (χ1v) is 8.23. The normalized spacial score (nSPS) is 27.0. The van der Waals surface area contributed by atoms with E-state index in [-0.39, 0.29) is 5.82 Å². The summed E-state index contributed by atoms with van der Waals surface area (Å²) in [5, 5.41) is 3.30. The summed E-state index contributed by atoms with van der Waals surface area (Å²) in [6.45, 7) is 12.5. The van der Waals surface area contributed by atoms with Crippen molar-refractivity contribution < 1.29 is 4.39 Å². The minimum absolute atomic E-state index is 0.0756. The van der Waals surface area contributed by atoms with Crippen molar-refractivity contribution in [3.05, 3.63) is 35.1 Å². The highest BCUT2D eigenvalue weighted by Crippen LogP contribution is 2.28. The van der Waals surface area contributed by atoms with Crippen LogP contribution in [0.15, 0.2) is 18.2 Å². The molecule has 0 aliphatic carbocycles. The van der Waals surface area contributed by atoms with Crippen LogP contribution in [-0.2, 0) is 13.1 Å². The molecule has 1 saturated heterocycles. The minimum atomic E-state index is -0.0756. The molecule has 21 heavy (non-hydrogen) atoms. The molecule has 1 aliphatic heterocycles. The lowest BCUT2D eigenvalue weighted by Gasteiger charge is -2.41. The van der Waals surface area contributed by atoms with Gasteiger partial charge in [0.1, 0.15) is 5.82 Å². The highest BCUT2D eigenvalue weighted by molar-refractivity contribution is 5.25. The molecular weight excluding hydrogens is 263 g/mol. The number of halogens is 1. The van der Waals surface area contributed by atoms with E-state index in [1.54, 1.807) is 6.07 Å². The van der Waals surface area contributed by atoms with Gasteiger partial charge in [0, 0.05) is 31.2 Å². The van der Waals surface area contributed by atoms with Gasteiger partial charge in [-0.3, -0.25) is 4.90 Å². The zero-order valence-electron chi connectivity index (χ0n) is 13.8. The fourth-order valence-electron chi connectivity index (χ4n) is 3.39. The molecule has 1 N–H and O–H groups in total. The Hall–Kier alpha value is -0.930. The minimum Gasteiger partial charge on any atom is -0.313 e. The molecule has 1 aromatic rings. The zero-order chi connectivity index (χ0) is 15.4. The van der Waals surface area contributed by atoms with E-state index in [2.05, 4.69) is 37.9 Å². The SMILES string of the molecule is CCNCc1ccc(F)c(CN2CC(C)CC(C)C2C)c1. The molecule has 3 atom stereocenters. The van der Waals surface area contributed by atoms with Gasteiger partial charge in [-0.05, 0) is 43.4 Å².